The van der Waals surface area contributed by atoms with E-state index in [1.807, 2.05) is 42.5 Å². The lowest BCUT2D eigenvalue weighted by molar-refractivity contribution is -0.128. The molecule has 1 fully saturated rings. The van der Waals surface area contributed by atoms with E-state index in [0.29, 0.717) is 18.8 Å². The lowest BCUT2D eigenvalue weighted by Crippen LogP contribution is -2.47. The molecule has 1 atom stereocenters. The van der Waals surface area contributed by atoms with Gasteiger partial charge < -0.3 is 14.6 Å². The third-order valence-corrected chi connectivity index (χ3v) is 5.75. The van der Waals surface area contributed by atoms with Crippen LogP contribution in [0.4, 0.5) is 0 Å². The highest BCUT2D eigenvalue weighted by Gasteiger charge is 2.18. The lowest BCUT2D eigenvalue weighted by atomic mass is 10.1. The minimum Gasteiger partial charge on any atom is -0.456 e. The number of rotatable bonds is 4. The maximum atomic E-state index is 12.4. The molecule has 1 saturated heterocycles. The number of amides is 1. The molecule has 25 heavy (non-hydrogen) atoms. The third kappa shape index (κ3) is 3.45. The summed E-state index contributed by atoms with van der Waals surface area (Å²) >= 11 is 0. The molecule has 130 valence electrons. The van der Waals surface area contributed by atoms with Crippen molar-refractivity contribution in [2.45, 2.75) is 5.75 Å². The van der Waals surface area contributed by atoms with Gasteiger partial charge in [0.25, 0.3) is 0 Å². The third-order valence-electron chi connectivity index (χ3n) is 4.52. The zero-order chi connectivity index (χ0) is 17.2. The van der Waals surface area contributed by atoms with E-state index in [1.165, 1.54) is 0 Å². The Morgan fingerprint density at radius 1 is 1.08 bits per heavy atom. The number of nitrogens with zero attached hydrogens (tertiary/aromatic N) is 1. The van der Waals surface area contributed by atoms with Gasteiger partial charge in [-0.15, -0.1) is 0 Å². The second-order valence-electron chi connectivity index (χ2n) is 6.29. The molecular weight excluding hydrogens is 336 g/mol. The minimum atomic E-state index is -1.21. The number of fused-ring (bicyclic) bond motifs is 3. The molecule has 0 saturated carbocycles. The van der Waals surface area contributed by atoms with E-state index in [1.54, 1.807) is 4.90 Å². The molecule has 2 aromatic carbocycles. The average Bonchev–Trinajstić information content (AvgIpc) is 3.00. The summed E-state index contributed by atoms with van der Waals surface area (Å²) < 4.78 is 18.2. The van der Waals surface area contributed by atoms with E-state index >= 15 is 0 Å². The zero-order valence-corrected chi connectivity index (χ0v) is 14.7. The zero-order valence-electron chi connectivity index (χ0n) is 13.9. The number of benzene rings is 2. The summed E-state index contributed by atoms with van der Waals surface area (Å²) in [5.41, 5.74) is 2.64. The number of hydrogen-bond acceptors (Lipinski definition) is 4. The first kappa shape index (κ1) is 16.3. The molecule has 0 bridgehead atoms. The molecule has 1 aliphatic rings. The maximum absolute atomic E-state index is 12.4. The maximum Gasteiger partial charge on any atom is 0.235 e. The summed E-state index contributed by atoms with van der Waals surface area (Å²) in [6, 6.07) is 13.8. The number of carbonyl (C=O) groups excluding carboxylic acids is 1. The molecule has 2 heterocycles. The van der Waals surface area contributed by atoms with E-state index in [2.05, 4.69) is 5.32 Å². The van der Waals surface area contributed by atoms with Crippen LogP contribution in [0.15, 0.2) is 46.9 Å². The summed E-state index contributed by atoms with van der Waals surface area (Å²) in [5.74, 6) is 0.451. The van der Waals surface area contributed by atoms with Crippen LogP contribution in [0.2, 0.25) is 0 Å². The van der Waals surface area contributed by atoms with Gasteiger partial charge in [-0.25, -0.2) is 0 Å². The van der Waals surface area contributed by atoms with Crippen LogP contribution in [-0.4, -0.2) is 46.9 Å². The van der Waals surface area contributed by atoms with Gasteiger partial charge in [0.15, 0.2) is 0 Å². The summed E-state index contributed by atoms with van der Waals surface area (Å²) in [4.78, 5) is 14.0. The van der Waals surface area contributed by atoms with Crippen molar-refractivity contribution in [3.05, 3.63) is 48.0 Å². The largest absolute Gasteiger partial charge is 0.456 e. The quantitative estimate of drug-likeness (QED) is 0.779. The van der Waals surface area contributed by atoms with Crippen LogP contribution < -0.4 is 5.32 Å². The Hall–Kier alpha value is -2.18. The Morgan fingerprint density at radius 3 is 2.68 bits per heavy atom. The van der Waals surface area contributed by atoms with Crippen LogP contribution in [-0.2, 0) is 21.3 Å². The van der Waals surface area contributed by atoms with Crippen LogP contribution in [0.3, 0.4) is 0 Å². The highest BCUT2D eigenvalue weighted by molar-refractivity contribution is 7.84. The smallest absolute Gasteiger partial charge is 0.235 e. The van der Waals surface area contributed by atoms with Crippen LogP contribution in [0, 0.1) is 0 Å². The van der Waals surface area contributed by atoms with E-state index in [4.69, 9.17) is 4.42 Å². The molecule has 0 aliphatic carbocycles. The molecule has 1 aromatic heterocycles. The first-order chi connectivity index (χ1) is 12.2. The number of piperazine rings is 1. The van der Waals surface area contributed by atoms with Gasteiger partial charge in [0, 0.05) is 53.5 Å². The standard InChI is InChI=1S/C19H20N2O3S/c22-19(21-9-7-20-8-10-21)13-25(23)12-14-5-6-18-16(11-14)15-3-1-2-4-17(15)24-18/h1-6,11,20H,7-10,12-13H2. The van der Waals surface area contributed by atoms with Crippen LogP contribution in [0.25, 0.3) is 21.9 Å². The molecule has 6 heteroatoms. The molecule has 0 radical (unpaired) electrons. The number of carbonyl (C=O) groups is 1. The van der Waals surface area contributed by atoms with Gasteiger partial charge >= 0.3 is 0 Å². The van der Waals surface area contributed by atoms with Gasteiger partial charge in [-0.2, -0.15) is 0 Å². The van der Waals surface area contributed by atoms with Gasteiger partial charge in [-0.05, 0) is 23.8 Å². The Morgan fingerprint density at radius 2 is 1.84 bits per heavy atom. The Bertz CT molecular complexity index is 944. The molecule has 1 N–H and O–H groups in total. The molecular formula is C19H20N2O3S. The van der Waals surface area contributed by atoms with Crippen molar-refractivity contribution < 1.29 is 13.4 Å². The summed E-state index contributed by atoms with van der Waals surface area (Å²) in [7, 11) is -1.21. The Kier molecular flexibility index (Phi) is 4.55. The molecule has 3 aromatic rings. The molecule has 1 aliphatic heterocycles. The number of nitrogens with one attached hydrogen (secondary N) is 1. The second-order valence-corrected chi connectivity index (χ2v) is 7.75. The summed E-state index contributed by atoms with van der Waals surface area (Å²) in [6.45, 7) is 3.01. The van der Waals surface area contributed by atoms with Crippen molar-refractivity contribution in [1.29, 1.82) is 0 Å². The Labute approximate surface area is 148 Å². The lowest BCUT2D eigenvalue weighted by Gasteiger charge is -2.27. The molecule has 1 amide bonds. The topological polar surface area (TPSA) is 62.6 Å². The minimum absolute atomic E-state index is 0.0188. The highest BCUT2D eigenvalue weighted by atomic mass is 32.2. The predicted octanol–water partition coefficient (Wildman–Crippen LogP) is 2.27. The van der Waals surface area contributed by atoms with E-state index < -0.39 is 10.8 Å². The second kappa shape index (κ2) is 6.98. The van der Waals surface area contributed by atoms with Crippen molar-refractivity contribution >= 4 is 38.6 Å². The van der Waals surface area contributed by atoms with E-state index in [-0.39, 0.29) is 11.7 Å². The number of para-hydroxylation sites is 1. The fourth-order valence-corrected chi connectivity index (χ4v) is 4.35. The fourth-order valence-electron chi connectivity index (χ4n) is 3.24. The normalized spacial score (nSPS) is 16.4. The van der Waals surface area contributed by atoms with E-state index in [9.17, 15) is 9.00 Å². The van der Waals surface area contributed by atoms with Crippen LogP contribution in [0.1, 0.15) is 5.56 Å². The first-order valence-corrected chi connectivity index (χ1v) is 9.93. The van der Waals surface area contributed by atoms with Crippen molar-refractivity contribution in [2.24, 2.45) is 0 Å². The summed E-state index contributed by atoms with van der Waals surface area (Å²) in [6.07, 6.45) is 0. The van der Waals surface area contributed by atoms with E-state index in [0.717, 1.165) is 40.6 Å². The van der Waals surface area contributed by atoms with Gasteiger partial charge in [-0.3, -0.25) is 9.00 Å². The average molecular weight is 356 g/mol. The summed E-state index contributed by atoms with van der Waals surface area (Å²) in [5, 5.41) is 5.30. The van der Waals surface area contributed by atoms with Crippen molar-refractivity contribution in [3.8, 4) is 0 Å². The van der Waals surface area contributed by atoms with Crippen molar-refractivity contribution in [2.75, 3.05) is 31.9 Å². The number of furan rings is 1. The molecule has 1 unspecified atom stereocenters. The fraction of sp³-hybridized carbons (Fsp3) is 0.316. The molecule has 0 spiro atoms. The molecule has 4 rings (SSSR count). The van der Waals surface area contributed by atoms with Gasteiger partial charge in [0.1, 0.15) is 16.9 Å². The molecule has 5 nitrogen and oxygen atoms in total. The highest BCUT2D eigenvalue weighted by Crippen LogP contribution is 2.29. The van der Waals surface area contributed by atoms with Crippen LogP contribution >= 0.6 is 0 Å². The first-order valence-electron chi connectivity index (χ1n) is 8.44. The Balaban J connectivity index is 1.49. The SMILES string of the molecule is O=C(CS(=O)Cc1ccc2oc3ccccc3c2c1)N1CCNCC1. The van der Waals surface area contributed by atoms with Gasteiger partial charge in [-0.1, -0.05) is 24.3 Å². The number of hydrogen-bond donors (Lipinski definition) is 1. The van der Waals surface area contributed by atoms with Crippen molar-refractivity contribution in [3.63, 3.8) is 0 Å². The van der Waals surface area contributed by atoms with Gasteiger partial charge in [0.2, 0.25) is 5.91 Å². The van der Waals surface area contributed by atoms with Crippen molar-refractivity contribution in [1.82, 2.24) is 10.2 Å². The van der Waals surface area contributed by atoms with Crippen LogP contribution in [0.5, 0.6) is 0 Å². The van der Waals surface area contributed by atoms with Gasteiger partial charge in [0.05, 0.1) is 0 Å². The predicted molar refractivity (Wildman–Crippen MR) is 99.9 cm³/mol. The monoisotopic (exact) mass is 356 g/mol.